The molecule has 1 rings (SSSR count). The van der Waals surface area contributed by atoms with Gasteiger partial charge in [-0.15, -0.1) is 0 Å². The molecule has 0 saturated carbocycles. The fourth-order valence-corrected chi connectivity index (χ4v) is 1.44. The predicted molar refractivity (Wildman–Crippen MR) is 76.1 cm³/mol. The Morgan fingerprint density at radius 2 is 1.72 bits per heavy atom. The summed E-state index contributed by atoms with van der Waals surface area (Å²) in [6, 6.07) is 8.30. The molecular formula is C15H25NO2. The van der Waals surface area contributed by atoms with E-state index in [4.69, 9.17) is 5.11 Å². The molecule has 0 atom stereocenters. The Kier molecular flexibility index (Phi) is 9.97. The van der Waals surface area contributed by atoms with Gasteiger partial charge in [0.2, 0.25) is 0 Å². The van der Waals surface area contributed by atoms with Crippen molar-refractivity contribution in [2.75, 3.05) is 20.6 Å². The molecule has 102 valence electrons. The molecular weight excluding hydrogens is 226 g/mol. The maximum absolute atomic E-state index is 10.2. The lowest BCUT2D eigenvalue weighted by molar-refractivity contribution is 0.0697. The van der Waals surface area contributed by atoms with Crippen LogP contribution < -0.4 is 0 Å². The second kappa shape index (κ2) is 10.8. The zero-order chi connectivity index (χ0) is 13.8. The van der Waals surface area contributed by atoms with Crippen molar-refractivity contribution >= 4 is 5.97 Å². The number of aromatic carboxylic acids is 1. The molecule has 0 fully saturated rings. The van der Waals surface area contributed by atoms with Gasteiger partial charge in [0.15, 0.2) is 0 Å². The molecule has 0 aliphatic rings. The van der Waals surface area contributed by atoms with Gasteiger partial charge in [-0.3, -0.25) is 0 Å². The van der Waals surface area contributed by atoms with Crippen LogP contribution in [0.3, 0.4) is 0 Å². The molecule has 0 amide bonds. The molecule has 0 bridgehead atoms. The highest BCUT2D eigenvalue weighted by molar-refractivity contribution is 5.87. The Hall–Kier alpha value is -1.35. The van der Waals surface area contributed by atoms with Crippen molar-refractivity contribution in [2.45, 2.75) is 32.6 Å². The zero-order valence-corrected chi connectivity index (χ0v) is 11.7. The lowest BCUT2D eigenvalue weighted by Gasteiger charge is -2.07. The van der Waals surface area contributed by atoms with E-state index in [1.165, 1.54) is 32.2 Å². The van der Waals surface area contributed by atoms with Gasteiger partial charge < -0.3 is 10.0 Å². The first kappa shape index (κ1) is 16.6. The minimum atomic E-state index is -0.879. The minimum Gasteiger partial charge on any atom is -0.478 e. The molecule has 3 nitrogen and oxygen atoms in total. The zero-order valence-electron chi connectivity index (χ0n) is 11.7. The molecule has 0 aromatic heterocycles. The highest BCUT2D eigenvalue weighted by Gasteiger charge is 1.96. The van der Waals surface area contributed by atoms with E-state index in [2.05, 4.69) is 25.9 Å². The van der Waals surface area contributed by atoms with Crippen molar-refractivity contribution in [1.82, 2.24) is 4.90 Å². The Balaban J connectivity index is 0.000000321. The topological polar surface area (TPSA) is 40.5 Å². The summed E-state index contributed by atoms with van der Waals surface area (Å²) in [7, 11) is 4.26. The molecule has 18 heavy (non-hydrogen) atoms. The number of carbonyl (C=O) groups is 1. The average Bonchev–Trinajstić information content (AvgIpc) is 2.36. The highest BCUT2D eigenvalue weighted by atomic mass is 16.4. The fraction of sp³-hybridized carbons (Fsp3) is 0.533. The number of hydrogen-bond acceptors (Lipinski definition) is 2. The molecule has 0 aliphatic carbocycles. The van der Waals surface area contributed by atoms with Gasteiger partial charge in [0.25, 0.3) is 0 Å². The van der Waals surface area contributed by atoms with E-state index in [9.17, 15) is 4.79 Å². The normalized spacial score (nSPS) is 9.78. The summed E-state index contributed by atoms with van der Waals surface area (Å²) in [6.07, 6.45) is 5.50. The molecule has 1 N–H and O–H groups in total. The van der Waals surface area contributed by atoms with E-state index in [1.807, 2.05) is 0 Å². The molecule has 1 aromatic carbocycles. The van der Waals surface area contributed by atoms with Gasteiger partial charge >= 0.3 is 5.97 Å². The van der Waals surface area contributed by atoms with E-state index in [0.29, 0.717) is 5.56 Å². The summed E-state index contributed by atoms with van der Waals surface area (Å²) in [5.41, 5.74) is 0.331. The van der Waals surface area contributed by atoms with E-state index < -0.39 is 5.97 Å². The van der Waals surface area contributed by atoms with Crippen LogP contribution in [0.15, 0.2) is 30.3 Å². The number of carboxylic acid groups (broad SMARTS) is 1. The van der Waals surface area contributed by atoms with Gasteiger partial charge in [0.1, 0.15) is 0 Å². The minimum absolute atomic E-state index is 0.331. The van der Waals surface area contributed by atoms with Crippen LogP contribution in [-0.2, 0) is 0 Å². The van der Waals surface area contributed by atoms with Crippen LogP contribution in [0, 0.1) is 0 Å². The van der Waals surface area contributed by atoms with Crippen molar-refractivity contribution < 1.29 is 9.90 Å². The molecule has 0 aliphatic heterocycles. The van der Waals surface area contributed by atoms with Crippen LogP contribution in [0.25, 0.3) is 0 Å². The third-order valence-electron chi connectivity index (χ3n) is 2.48. The Labute approximate surface area is 110 Å². The molecule has 0 unspecified atom stereocenters. The summed E-state index contributed by atoms with van der Waals surface area (Å²) in [4.78, 5) is 12.4. The fourth-order valence-electron chi connectivity index (χ4n) is 1.44. The lowest BCUT2D eigenvalue weighted by Crippen LogP contribution is -2.12. The van der Waals surface area contributed by atoms with Crippen LogP contribution in [0.2, 0.25) is 0 Å². The van der Waals surface area contributed by atoms with Crippen LogP contribution in [0.5, 0.6) is 0 Å². The molecule has 0 spiro atoms. The number of nitrogens with zero attached hydrogens (tertiary/aromatic N) is 1. The van der Waals surface area contributed by atoms with Crippen molar-refractivity contribution in [2.24, 2.45) is 0 Å². The second-order valence-electron chi connectivity index (χ2n) is 4.54. The Bertz CT molecular complexity index is 310. The molecule has 1 aromatic rings. The van der Waals surface area contributed by atoms with E-state index in [-0.39, 0.29) is 0 Å². The van der Waals surface area contributed by atoms with E-state index >= 15 is 0 Å². The maximum atomic E-state index is 10.2. The number of carboxylic acids is 1. The summed E-state index contributed by atoms with van der Waals surface area (Å²) >= 11 is 0. The van der Waals surface area contributed by atoms with Gasteiger partial charge in [-0.2, -0.15) is 0 Å². The van der Waals surface area contributed by atoms with Crippen LogP contribution >= 0.6 is 0 Å². The molecule has 3 heteroatoms. The van der Waals surface area contributed by atoms with Crippen molar-refractivity contribution in [3.8, 4) is 0 Å². The smallest absolute Gasteiger partial charge is 0.335 e. The first-order valence-corrected chi connectivity index (χ1v) is 6.51. The average molecular weight is 251 g/mol. The molecule has 0 radical (unpaired) electrons. The van der Waals surface area contributed by atoms with Crippen molar-refractivity contribution in [3.05, 3.63) is 35.9 Å². The van der Waals surface area contributed by atoms with Crippen LogP contribution in [0.4, 0.5) is 0 Å². The lowest BCUT2D eigenvalue weighted by atomic mass is 10.2. The summed E-state index contributed by atoms with van der Waals surface area (Å²) in [5, 5.41) is 8.38. The Morgan fingerprint density at radius 3 is 2.11 bits per heavy atom. The molecule has 0 saturated heterocycles. The summed E-state index contributed by atoms with van der Waals surface area (Å²) in [5.74, 6) is -0.879. The summed E-state index contributed by atoms with van der Waals surface area (Å²) < 4.78 is 0. The van der Waals surface area contributed by atoms with Crippen molar-refractivity contribution in [1.29, 1.82) is 0 Å². The van der Waals surface area contributed by atoms with Crippen LogP contribution in [-0.4, -0.2) is 36.6 Å². The largest absolute Gasteiger partial charge is 0.478 e. The maximum Gasteiger partial charge on any atom is 0.335 e. The van der Waals surface area contributed by atoms with Gasteiger partial charge in [0.05, 0.1) is 5.56 Å². The van der Waals surface area contributed by atoms with Gasteiger partial charge in [-0.05, 0) is 39.2 Å². The predicted octanol–water partition coefficient (Wildman–Crippen LogP) is 3.51. The van der Waals surface area contributed by atoms with E-state index in [0.717, 1.165) is 0 Å². The number of unbranched alkanes of at least 4 members (excludes halogenated alkanes) is 3. The van der Waals surface area contributed by atoms with Gasteiger partial charge in [-0.25, -0.2) is 4.79 Å². The standard InChI is InChI=1S/C8H19N.C7H6O2/c1-4-5-6-7-8-9(2)3;8-7(9)6-4-2-1-3-5-6/h4-8H2,1-3H3;1-5H,(H,8,9). The summed E-state index contributed by atoms with van der Waals surface area (Å²) in [6.45, 7) is 3.50. The first-order valence-electron chi connectivity index (χ1n) is 6.51. The molecule has 0 heterocycles. The quantitative estimate of drug-likeness (QED) is 0.786. The number of benzene rings is 1. The SMILES string of the molecule is CCCCCCN(C)C.O=C(O)c1ccccc1. The highest BCUT2D eigenvalue weighted by Crippen LogP contribution is 1.98. The third kappa shape index (κ3) is 9.85. The first-order chi connectivity index (χ1) is 8.57. The van der Waals surface area contributed by atoms with Crippen molar-refractivity contribution in [3.63, 3.8) is 0 Å². The number of hydrogen-bond donors (Lipinski definition) is 1. The van der Waals surface area contributed by atoms with Gasteiger partial charge in [0, 0.05) is 0 Å². The number of rotatable bonds is 6. The second-order valence-corrected chi connectivity index (χ2v) is 4.54. The third-order valence-corrected chi connectivity index (χ3v) is 2.48. The Morgan fingerprint density at radius 1 is 1.11 bits per heavy atom. The van der Waals surface area contributed by atoms with Crippen LogP contribution in [0.1, 0.15) is 43.0 Å². The van der Waals surface area contributed by atoms with E-state index in [1.54, 1.807) is 30.3 Å². The van der Waals surface area contributed by atoms with Gasteiger partial charge in [-0.1, -0.05) is 44.4 Å². The monoisotopic (exact) mass is 251 g/mol.